The molecule has 0 unspecified atom stereocenters. The van der Waals surface area contributed by atoms with Crippen LogP contribution in [0.1, 0.15) is 19.3 Å². The average Bonchev–Trinajstić information content (AvgIpc) is 2.15. The van der Waals surface area contributed by atoms with Crippen molar-refractivity contribution in [3.8, 4) is 0 Å². The molecule has 0 saturated heterocycles. The van der Waals surface area contributed by atoms with Crippen molar-refractivity contribution >= 4 is 11.8 Å². The van der Waals surface area contributed by atoms with Crippen molar-refractivity contribution in [1.82, 2.24) is 9.97 Å². The molecule has 0 bridgehead atoms. The van der Waals surface area contributed by atoms with Crippen LogP contribution in [0.15, 0.2) is 12.3 Å². The van der Waals surface area contributed by atoms with Crippen LogP contribution in [-0.4, -0.2) is 22.7 Å². The maximum absolute atomic E-state index is 11.8. The highest BCUT2D eigenvalue weighted by Crippen LogP contribution is 2.22. The van der Waals surface area contributed by atoms with Crippen molar-refractivity contribution < 1.29 is 13.2 Å². The molecule has 16 heavy (non-hydrogen) atoms. The number of rotatable bonds is 5. The first-order valence-corrected chi connectivity index (χ1v) is 4.86. The topological polar surface area (TPSA) is 63.8 Å². The number of nitrogens with zero attached hydrogens (tertiary/aromatic N) is 2. The van der Waals surface area contributed by atoms with Gasteiger partial charge in [-0.05, 0) is 18.9 Å². The summed E-state index contributed by atoms with van der Waals surface area (Å²) in [6, 6.07) is 1.61. The number of anilines is 2. The van der Waals surface area contributed by atoms with E-state index in [0.29, 0.717) is 18.8 Å². The smallest absolute Gasteiger partial charge is 0.370 e. The number of alkyl halides is 3. The first-order chi connectivity index (χ1) is 7.47. The molecule has 0 spiro atoms. The SMILES string of the molecule is Nc1nccc(NCCCCC(F)(F)F)n1. The van der Waals surface area contributed by atoms with Crippen molar-refractivity contribution in [2.75, 3.05) is 17.6 Å². The van der Waals surface area contributed by atoms with Gasteiger partial charge in [0.25, 0.3) is 0 Å². The molecule has 3 N–H and O–H groups in total. The van der Waals surface area contributed by atoms with Crippen molar-refractivity contribution in [1.29, 1.82) is 0 Å². The number of nitrogen functional groups attached to an aromatic ring is 1. The van der Waals surface area contributed by atoms with Crippen molar-refractivity contribution in [3.05, 3.63) is 12.3 Å². The van der Waals surface area contributed by atoms with Crippen LogP contribution in [0, 0.1) is 0 Å². The first-order valence-electron chi connectivity index (χ1n) is 4.86. The Morgan fingerprint density at radius 3 is 2.69 bits per heavy atom. The predicted molar refractivity (Wildman–Crippen MR) is 54.8 cm³/mol. The molecule has 1 heterocycles. The van der Waals surface area contributed by atoms with Crippen molar-refractivity contribution in [2.45, 2.75) is 25.4 Å². The molecule has 7 heteroatoms. The second-order valence-corrected chi connectivity index (χ2v) is 3.30. The van der Waals surface area contributed by atoms with E-state index in [4.69, 9.17) is 5.73 Å². The van der Waals surface area contributed by atoms with E-state index in [-0.39, 0.29) is 12.4 Å². The second kappa shape index (κ2) is 5.53. The monoisotopic (exact) mass is 234 g/mol. The molecule has 0 aliphatic carbocycles. The van der Waals surface area contributed by atoms with Gasteiger partial charge in [-0.2, -0.15) is 18.2 Å². The zero-order valence-corrected chi connectivity index (χ0v) is 8.59. The number of hydrogen-bond acceptors (Lipinski definition) is 4. The van der Waals surface area contributed by atoms with Gasteiger partial charge in [-0.3, -0.25) is 0 Å². The molecule has 1 aromatic rings. The largest absolute Gasteiger partial charge is 0.389 e. The lowest BCUT2D eigenvalue weighted by atomic mass is 10.2. The Balaban J connectivity index is 2.17. The van der Waals surface area contributed by atoms with Crippen LogP contribution < -0.4 is 11.1 Å². The lowest BCUT2D eigenvalue weighted by molar-refractivity contribution is -0.135. The third-order valence-electron chi connectivity index (χ3n) is 1.87. The fourth-order valence-electron chi connectivity index (χ4n) is 1.14. The fourth-order valence-corrected chi connectivity index (χ4v) is 1.14. The van der Waals surface area contributed by atoms with E-state index in [2.05, 4.69) is 15.3 Å². The summed E-state index contributed by atoms with van der Waals surface area (Å²) in [5.41, 5.74) is 5.34. The molecule has 0 aromatic carbocycles. The molecule has 0 amide bonds. The van der Waals surface area contributed by atoms with E-state index < -0.39 is 12.6 Å². The summed E-state index contributed by atoms with van der Waals surface area (Å²) in [7, 11) is 0. The summed E-state index contributed by atoms with van der Waals surface area (Å²) < 4.78 is 35.4. The molecule has 0 radical (unpaired) electrons. The predicted octanol–water partition coefficient (Wildman–Crippen LogP) is 2.20. The Morgan fingerprint density at radius 1 is 1.31 bits per heavy atom. The molecule has 4 nitrogen and oxygen atoms in total. The van der Waals surface area contributed by atoms with E-state index in [1.54, 1.807) is 6.07 Å². The summed E-state index contributed by atoms with van der Waals surface area (Å²) in [4.78, 5) is 7.55. The third kappa shape index (κ3) is 5.38. The van der Waals surface area contributed by atoms with Gasteiger partial charge >= 0.3 is 6.18 Å². The summed E-state index contributed by atoms with van der Waals surface area (Å²) in [5, 5.41) is 2.87. The lowest BCUT2D eigenvalue weighted by Gasteiger charge is -2.07. The molecular formula is C9H13F3N4. The minimum Gasteiger partial charge on any atom is -0.370 e. The quantitative estimate of drug-likeness (QED) is 0.766. The highest BCUT2D eigenvalue weighted by atomic mass is 19.4. The number of unbranched alkanes of at least 4 members (excludes halogenated alkanes) is 1. The van der Waals surface area contributed by atoms with E-state index >= 15 is 0 Å². The molecule has 1 aromatic heterocycles. The summed E-state index contributed by atoms with van der Waals surface area (Å²) >= 11 is 0. The van der Waals surface area contributed by atoms with Gasteiger partial charge in [0.15, 0.2) is 0 Å². The molecule has 0 aliphatic rings. The Morgan fingerprint density at radius 2 is 2.06 bits per heavy atom. The van der Waals surface area contributed by atoms with Gasteiger partial charge in [0, 0.05) is 19.2 Å². The maximum Gasteiger partial charge on any atom is 0.389 e. The lowest BCUT2D eigenvalue weighted by Crippen LogP contribution is -2.09. The Kier molecular flexibility index (Phi) is 4.33. The van der Waals surface area contributed by atoms with E-state index in [1.165, 1.54) is 6.20 Å². The minimum atomic E-state index is -4.07. The minimum absolute atomic E-state index is 0.108. The molecule has 0 fully saturated rings. The Labute approximate surface area is 91.1 Å². The van der Waals surface area contributed by atoms with Gasteiger partial charge in [-0.25, -0.2) is 4.98 Å². The second-order valence-electron chi connectivity index (χ2n) is 3.30. The molecular weight excluding hydrogens is 221 g/mol. The van der Waals surface area contributed by atoms with Crippen LogP contribution in [0.3, 0.4) is 0 Å². The number of aromatic nitrogens is 2. The van der Waals surface area contributed by atoms with Crippen LogP contribution in [0.5, 0.6) is 0 Å². The first kappa shape index (κ1) is 12.5. The van der Waals surface area contributed by atoms with Crippen LogP contribution in [0.25, 0.3) is 0 Å². The highest BCUT2D eigenvalue weighted by Gasteiger charge is 2.25. The van der Waals surface area contributed by atoms with Gasteiger partial charge in [0.05, 0.1) is 0 Å². The van der Waals surface area contributed by atoms with Crippen LogP contribution >= 0.6 is 0 Å². The van der Waals surface area contributed by atoms with E-state index in [1.807, 2.05) is 0 Å². The number of nitrogens with two attached hydrogens (primary N) is 1. The summed E-state index contributed by atoms with van der Waals surface area (Å²) in [6.45, 7) is 0.437. The van der Waals surface area contributed by atoms with E-state index in [0.717, 1.165) is 0 Å². The fraction of sp³-hybridized carbons (Fsp3) is 0.556. The van der Waals surface area contributed by atoms with Crippen LogP contribution in [0.4, 0.5) is 24.9 Å². The van der Waals surface area contributed by atoms with Gasteiger partial charge in [-0.15, -0.1) is 0 Å². The zero-order chi connectivity index (χ0) is 12.0. The molecule has 90 valence electrons. The summed E-state index contributed by atoms with van der Waals surface area (Å²) in [6.07, 6.45) is -2.79. The van der Waals surface area contributed by atoms with Crippen molar-refractivity contribution in [3.63, 3.8) is 0 Å². The third-order valence-corrected chi connectivity index (χ3v) is 1.87. The van der Waals surface area contributed by atoms with Crippen LogP contribution in [0.2, 0.25) is 0 Å². The van der Waals surface area contributed by atoms with Crippen LogP contribution in [-0.2, 0) is 0 Å². The zero-order valence-electron chi connectivity index (χ0n) is 8.59. The van der Waals surface area contributed by atoms with Gasteiger partial charge in [0.2, 0.25) is 5.95 Å². The molecule has 0 saturated carbocycles. The number of nitrogens with one attached hydrogen (secondary N) is 1. The molecule has 0 aliphatic heterocycles. The number of hydrogen-bond donors (Lipinski definition) is 2. The van der Waals surface area contributed by atoms with Gasteiger partial charge in [0.1, 0.15) is 5.82 Å². The van der Waals surface area contributed by atoms with Gasteiger partial charge < -0.3 is 11.1 Å². The van der Waals surface area contributed by atoms with E-state index in [9.17, 15) is 13.2 Å². The van der Waals surface area contributed by atoms with Gasteiger partial charge in [-0.1, -0.05) is 0 Å². The molecule has 1 rings (SSSR count). The Bertz CT molecular complexity index is 327. The summed E-state index contributed by atoms with van der Waals surface area (Å²) in [5.74, 6) is 0.666. The number of halogens is 3. The highest BCUT2D eigenvalue weighted by molar-refractivity contribution is 5.36. The standard InChI is InChI=1S/C9H13F3N4/c10-9(11,12)4-1-2-5-14-7-3-6-15-8(13)16-7/h3,6H,1-2,4-5H2,(H3,13,14,15,16). The average molecular weight is 234 g/mol. The molecule has 0 atom stereocenters. The maximum atomic E-state index is 11.8. The normalized spacial score (nSPS) is 11.4. The van der Waals surface area contributed by atoms with Crippen molar-refractivity contribution in [2.24, 2.45) is 0 Å². The Hall–Kier alpha value is -1.53.